The zero-order valence-electron chi connectivity index (χ0n) is 29.2. The molecule has 0 aromatic heterocycles. The maximum Gasteiger partial charge on any atom is 0.328 e. The molecule has 6 rings (SSSR count). The van der Waals surface area contributed by atoms with E-state index in [1.165, 1.54) is 23.4 Å². The average molecular weight is 688 g/mol. The number of esters is 1. The van der Waals surface area contributed by atoms with Gasteiger partial charge >= 0.3 is 12.0 Å². The number of aliphatic hydroxyl groups is 1. The van der Waals surface area contributed by atoms with E-state index in [0.29, 0.717) is 25.1 Å². The highest BCUT2D eigenvalue weighted by atomic mass is 16.7. The third kappa shape index (κ3) is 9.19. The van der Waals surface area contributed by atoms with E-state index in [9.17, 15) is 14.7 Å². The van der Waals surface area contributed by atoms with Crippen molar-refractivity contribution in [1.29, 1.82) is 0 Å². The summed E-state index contributed by atoms with van der Waals surface area (Å²) in [6.45, 7) is 2.87. The molecular weight excluding hydrogens is 642 g/mol. The fourth-order valence-electron chi connectivity index (χ4n) is 6.47. The molecule has 5 aromatic rings. The van der Waals surface area contributed by atoms with Crippen molar-refractivity contribution >= 4 is 28.5 Å². The normalized spacial score (nSPS) is 18.6. The lowest BCUT2D eigenvalue weighted by atomic mass is 9.98. The molecule has 2 amide bonds. The summed E-state index contributed by atoms with van der Waals surface area (Å²) in [5, 5.41) is 17.6. The van der Waals surface area contributed by atoms with Gasteiger partial charge < -0.3 is 30.0 Å². The first-order chi connectivity index (χ1) is 24.8. The molecule has 0 aliphatic carbocycles. The summed E-state index contributed by atoms with van der Waals surface area (Å²) in [4.78, 5) is 27.7. The molecule has 5 atom stereocenters. The van der Waals surface area contributed by atoms with Crippen molar-refractivity contribution < 1.29 is 28.9 Å². The zero-order valence-corrected chi connectivity index (χ0v) is 29.2. The number of fused-ring (bicyclic) bond motifs is 1. The van der Waals surface area contributed by atoms with Crippen LogP contribution >= 0.6 is 0 Å². The molecule has 1 aliphatic heterocycles. The van der Waals surface area contributed by atoms with Crippen LogP contribution in [0.3, 0.4) is 0 Å². The molecule has 9 nitrogen and oxygen atoms in total. The van der Waals surface area contributed by atoms with Gasteiger partial charge in [0, 0.05) is 36.7 Å². The lowest BCUT2D eigenvalue weighted by Crippen LogP contribution is -2.45. The highest BCUT2D eigenvalue weighted by Crippen LogP contribution is 2.39. The molecule has 5 aromatic carbocycles. The van der Waals surface area contributed by atoms with Crippen molar-refractivity contribution in [3.05, 3.63) is 149 Å². The maximum atomic E-state index is 12.9. The molecular formula is C42H45N3O6. The summed E-state index contributed by atoms with van der Waals surface area (Å²) >= 11 is 0. The zero-order chi connectivity index (χ0) is 35.7. The molecule has 0 radical (unpaired) electrons. The van der Waals surface area contributed by atoms with Crippen molar-refractivity contribution in [2.45, 2.75) is 57.0 Å². The van der Waals surface area contributed by atoms with Gasteiger partial charge in [-0.05, 0) is 65.2 Å². The minimum atomic E-state index is -0.844. The van der Waals surface area contributed by atoms with Gasteiger partial charge in [-0.2, -0.15) is 0 Å². The fraction of sp³-hybridized carbons (Fsp3) is 0.286. The molecule has 9 heteroatoms. The number of nitrogens with one attached hydrogen (secondary N) is 2. The number of carbonyl (C=O) groups is 2. The standard InChI is InChI=1S/C42H45N3O6/c1-28(34-18-17-31-11-7-8-12-35(31)24-34)45(2)26-37-25-39(32-15-13-30(27-46)14-16-32)51-41(50-37)33-19-21-36(22-20-33)43-42(48)44-38(40(47)49-3)23-29-9-5-4-6-10-29/h4-22,24,28,37-39,41,46H,23,25-27H2,1-3H3,(H2,43,44,48). The number of amides is 2. The van der Waals surface area contributed by atoms with Crippen LogP contribution in [-0.4, -0.2) is 54.9 Å². The lowest BCUT2D eigenvalue weighted by molar-refractivity contribution is -0.253. The number of aliphatic hydroxyl groups excluding tert-OH is 1. The van der Waals surface area contributed by atoms with Gasteiger partial charge in [0.1, 0.15) is 6.04 Å². The van der Waals surface area contributed by atoms with E-state index in [0.717, 1.165) is 22.3 Å². The number of likely N-dealkylation sites (N-methyl/N-ethyl adjacent to an activating group) is 1. The Morgan fingerprint density at radius 3 is 2.24 bits per heavy atom. The van der Waals surface area contributed by atoms with Crippen molar-refractivity contribution in [3.8, 4) is 0 Å². The SMILES string of the molecule is COC(=O)C(Cc1ccccc1)NC(=O)Nc1ccc(C2OC(CN(C)C(C)c3ccc4ccccc4c3)CC(c3ccc(CO)cc3)O2)cc1. The fourth-order valence-corrected chi connectivity index (χ4v) is 6.47. The Bertz CT molecular complexity index is 1900. The number of rotatable bonds is 12. The van der Waals surface area contributed by atoms with Crippen LogP contribution in [0.2, 0.25) is 0 Å². The van der Waals surface area contributed by atoms with E-state index in [1.54, 1.807) is 12.1 Å². The molecule has 3 N–H and O–H groups in total. The second-order valence-electron chi connectivity index (χ2n) is 13.1. The third-order valence-corrected chi connectivity index (χ3v) is 9.54. The van der Waals surface area contributed by atoms with Gasteiger partial charge in [-0.15, -0.1) is 0 Å². The number of urea groups is 1. The van der Waals surface area contributed by atoms with E-state index in [-0.39, 0.29) is 24.9 Å². The predicted molar refractivity (Wildman–Crippen MR) is 198 cm³/mol. The number of anilines is 1. The molecule has 1 aliphatic rings. The van der Waals surface area contributed by atoms with Gasteiger partial charge in [0.15, 0.2) is 6.29 Å². The van der Waals surface area contributed by atoms with E-state index >= 15 is 0 Å². The number of carbonyl (C=O) groups excluding carboxylic acids is 2. The number of hydrogen-bond donors (Lipinski definition) is 3. The molecule has 0 spiro atoms. The Labute approximate surface area is 299 Å². The summed E-state index contributed by atoms with van der Waals surface area (Å²) in [5.41, 5.74) is 5.35. The van der Waals surface area contributed by atoms with E-state index in [2.05, 4.69) is 72.0 Å². The smallest absolute Gasteiger partial charge is 0.328 e. The molecule has 1 heterocycles. The highest BCUT2D eigenvalue weighted by Gasteiger charge is 2.33. The minimum Gasteiger partial charge on any atom is -0.467 e. The lowest BCUT2D eigenvalue weighted by Gasteiger charge is -2.39. The van der Waals surface area contributed by atoms with Crippen molar-refractivity contribution in [1.82, 2.24) is 10.2 Å². The van der Waals surface area contributed by atoms with Crippen LogP contribution in [0, 0.1) is 0 Å². The van der Waals surface area contributed by atoms with E-state index in [1.807, 2.05) is 66.7 Å². The number of nitrogens with zero attached hydrogens (tertiary/aromatic N) is 1. The Morgan fingerprint density at radius 1 is 0.843 bits per heavy atom. The first-order valence-electron chi connectivity index (χ1n) is 17.3. The molecule has 264 valence electrons. The van der Waals surface area contributed by atoms with Crippen LogP contribution in [0.1, 0.15) is 59.6 Å². The topological polar surface area (TPSA) is 109 Å². The monoisotopic (exact) mass is 687 g/mol. The van der Waals surface area contributed by atoms with Gasteiger partial charge in [0.05, 0.1) is 25.9 Å². The van der Waals surface area contributed by atoms with Crippen molar-refractivity contribution in [2.75, 3.05) is 26.0 Å². The van der Waals surface area contributed by atoms with E-state index < -0.39 is 24.3 Å². The highest BCUT2D eigenvalue weighted by molar-refractivity contribution is 5.92. The van der Waals surface area contributed by atoms with Crippen LogP contribution in [0.15, 0.2) is 121 Å². The van der Waals surface area contributed by atoms with Crippen molar-refractivity contribution in [3.63, 3.8) is 0 Å². The Balaban J connectivity index is 1.14. The summed E-state index contributed by atoms with van der Waals surface area (Å²) in [5.74, 6) is -0.525. The van der Waals surface area contributed by atoms with Gasteiger partial charge in [0.25, 0.3) is 0 Å². The second kappa shape index (κ2) is 16.8. The van der Waals surface area contributed by atoms with Crippen molar-refractivity contribution in [2.24, 2.45) is 0 Å². The summed E-state index contributed by atoms with van der Waals surface area (Å²) in [6, 6.07) is 38.4. The molecule has 1 saturated heterocycles. The number of ether oxygens (including phenoxy) is 3. The minimum absolute atomic E-state index is 0.0214. The Hall–Kier alpha value is -5.06. The number of hydrogen-bond acceptors (Lipinski definition) is 7. The van der Waals surface area contributed by atoms with Crippen LogP contribution in [-0.2, 0) is 32.0 Å². The quantitative estimate of drug-likeness (QED) is 0.117. The molecule has 0 saturated carbocycles. The van der Waals surface area contributed by atoms with Crippen LogP contribution in [0.4, 0.5) is 10.5 Å². The summed E-state index contributed by atoms with van der Waals surface area (Å²) in [7, 11) is 3.42. The van der Waals surface area contributed by atoms with Gasteiger partial charge in [-0.3, -0.25) is 4.90 Å². The first-order valence-corrected chi connectivity index (χ1v) is 17.3. The maximum absolute atomic E-state index is 12.9. The molecule has 1 fully saturated rings. The van der Waals surface area contributed by atoms with Gasteiger partial charge in [-0.1, -0.05) is 103 Å². The molecule has 5 unspecified atom stereocenters. The largest absolute Gasteiger partial charge is 0.467 e. The van der Waals surface area contributed by atoms with Crippen LogP contribution < -0.4 is 10.6 Å². The Kier molecular flexibility index (Phi) is 11.8. The number of methoxy groups -OCH3 is 1. The van der Waals surface area contributed by atoms with Crippen LogP contribution in [0.25, 0.3) is 10.8 Å². The second-order valence-corrected chi connectivity index (χ2v) is 13.1. The average Bonchev–Trinajstić information content (AvgIpc) is 3.17. The van der Waals surface area contributed by atoms with E-state index in [4.69, 9.17) is 14.2 Å². The van der Waals surface area contributed by atoms with Gasteiger partial charge in [0.2, 0.25) is 0 Å². The number of benzene rings is 5. The Morgan fingerprint density at radius 2 is 1.53 bits per heavy atom. The van der Waals surface area contributed by atoms with Crippen LogP contribution in [0.5, 0.6) is 0 Å². The third-order valence-electron chi connectivity index (χ3n) is 9.54. The predicted octanol–water partition coefficient (Wildman–Crippen LogP) is 7.48. The molecule has 0 bridgehead atoms. The summed E-state index contributed by atoms with van der Waals surface area (Å²) < 4.78 is 18.1. The molecule has 51 heavy (non-hydrogen) atoms. The summed E-state index contributed by atoms with van der Waals surface area (Å²) in [6.07, 6.45) is -0.0455. The first kappa shape index (κ1) is 35.8. The van der Waals surface area contributed by atoms with Gasteiger partial charge in [-0.25, -0.2) is 9.59 Å².